The minimum atomic E-state index is -0.459. The Balaban J connectivity index is 2.22. The number of hydrogen-bond acceptors (Lipinski definition) is 6. The van der Waals surface area contributed by atoms with Crippen LogP contribution in [0.2, 0.25) is 0 Å². The Labute approximate surface area is 171 Å². The van der Waals surface area contributed by atoms with Crippen LogP contribution >= 0.6 is 0 Å². The van der Waals surface area contributed by atoms with E-state index in [1.54, 1.807) is 33.6 Å². The van der Waals surface area contributed by atoms with E-state index in [1.165, 1.54) is 0 Å². The molecule has 0 aliphatic heterocycles. The van der Waals surface area contributed by atoms with Gasteiger partial charge in [-0.2, -0.15) is 0 Å². The Morgan fingerprint density at radius 2 is 1.55 bits per heavy atom. The SMILES string of the molecule is CCOc1ccc2c(C(C)(C)c3cc(OC)c(OC)c(OC)c3)cncc2c1O. The summed E-state index contributed by atoms with van der Waals surface area (Å²) in [5.74, 6) is 2.27. The molecule has 0 amide bonds. The van der Waals surface area contributed by atoms with Gasteiger partial charge in [0, 0.05) is 23.2 Å². The second-order valence-electron chi connectivity index (χ2n) is 7.17. The molecule has 1 aromatic heterocycles. The van der Waals surface area contributed by atoms with Gasteiger partial charge >= 0.3 is 0 Å². The maximum absolute atomic E-state index is 10.7. The van der Waals surface area contributed by atoms with Crippen LogP contribution in [0.15, 0.2) is 36.7 Å². The van der Waals surface area contributed by atoms with E-state index >= 15 is 0 Å². The molecule has 6 nitrogen and oxygen atoms in total. The number of phenols is 1. The largest absolute Gasteiger partial charge is 0.504 e. The first-order valence-electron chi connectivity index (χ1n) is 9.42. The number of ether oxygens (including phenoxy) is 4. The fourth-order valence-electron chi connectivity index (χ4n) is 3.58. The second kappa shape index (κ2) is 8.07. The van der Waals surface area contributed by atoms with Crippen molar-refractivity contribution in [2.24, 2.45) is 0 Å². The molecular formula is C23H27NO5. The lowest BCUT2D eigenvalue weighted by Crippen LogP contribution is -2.20. The topological polar surface area (TPSA) is 70.0 Å². The summed E-state index contributed by atoms with van der Waals surface area (Å²) < 4.78 is 22.0. The van der Waals surface area contributed by atoms with Crippen molar-refractivity contribution in [2.75, 3.05) is 27.9 Å². The van der Waals surface area contributed by atoms with Crippen LogP contribution in [0.25, 0.3) is 10.8 Å². The molecule has 0 fully saturated rings. The summed E-state index contributed by atoms with van der Waals surface area (Å²) in [6, 6.07) is 7.62. The molecule has 3 aromatic rings. The van der Waals surface area contributed by atoms with Gasteiger partial charge in [-0.05, 0) is 47.7 Å². The van der Waals surface area contributed by atoms with E-state index in [2.05, 4.69) is 18.8 Å². The zero-order valence-corrected chi connectivity index (χ0v) is 17.7. The number of aromatic nitrogens is 1. The quantitative estimate of drug-likeness (QED) is 0.624. The van der Waals surface area contributed by atoms with Crippen molar-refractivity contribution < 1.29 is 24.1 Å². The van der Waals surface area contributed by atoms with Crippen molar-refractivity contribution in [3.05, 3.63) is 47.8 Å². The van der Waals surface area contributed by atoms with E-state index < -0.39 is 5.41 Å². The van der Waals surface area contributed by atoms with Crippen LogP contribution in [-0.4, -0.2) is 38.0 Å². The Morgan fingerprint density at radius 1 is 0.897 bits per heavy atom. The van der Waals surface area contributed by atoms with Crippen LogP contribution in [-0.2, 0) is 5.41 Å². The molecule has 154 valence electrons. The summed E-state index contributed by atoms with van der Waals surface area (Å²) in [4.78, 5) is 4.38. The third-order valence-corrected chi connectivity index (χ3v) is 5.24. The Kier molecular flexibility index (Phi) is 5.73. The first kappa shape index (κ1) is 20.6. The normalized spacial score (nSPS) is 11.4. The van der Waals surface area contributed by atoms with Gasteiger partial charge in [0.05, 0.1) is 27.9 Å². The predicted octanol–water partition coefficient (Wildman–Crippen LogP) is 4.69. The summed E-state index contributed by atoms with van der Waals surface area (Å²) in [7, 11) is 4.78. The van der Waals surface area contributed by atoms with Gasteiger partial charge in [0.15, 0.2) is 23.0 Å². The van der Waals surface area contributed by atoms with E-state index in [-0.39, 0.29) is 5.75 Å². The highest BCUT2D eigenvalue weighted by molar-refractivity contribution is 5.93. The number of pyridine rings is 1. The number of fused-ring (bicyclic) bond motifs is 1. The molecule has 3 rings (SSSR count). The fraction of sp³-hybridized carbons (Fsp3) is 0.348. The minimum Gasteiger partial charge on any atom is -0.504 e. The second-order valence-corrected chi connectivity index (χ2v) is 7.17. The van der Waals surface area contributed by atoms with Crippen molar-refractivity contribution in [2.45, 2.75) is 26.2 Å². The highest BCUT2D eigenvalue weighted by atomic mass is 16.5. The van der Waals surface area contributed by atoms with Crippen molar-refractivity contribution >= 4 is 10.8 Å². The zero-order chi connectivity index (χ0) is 21.2. The molecule has 6 heteroatoms. The number of benzene rings is 2. The van der Waals surface area contributed by atoms with Crippen LogP contribution < -0.4 is 18.9 Å². The third kappa shape index (κ3) is 3.50. The minimum absolute atomic E-state index is 0.0967. The third-order valence-electron chi connectivity index (χ3n) is 5.24. The Bertz CT molecular complexity index is 1000. The molecule has 2 aromatic carbocycles. The first-order chi connectivity index (χ1) is 13.9. The average molecular weight is 397 g/mol. The fourth-order valence-corrected chi connectivity index (χ4v) is 3.58. The molecule has 0 radical (unpaired) electrons. The van der Waals surface area contributed by atoms with Gasteiger partial charge in [0.25, 0.3) is 0 Å². The highest BCUT2D eigenvalue weighted by Gasteiger charge is 2.29. The Morgan fingerprint density at radius 3 is 2.10 bits per heavy atom. The number of methoxy groups -OCH3 is 3. The van der Waals surface area contributed by atoms with Crippen molar-refractivity contribution in [3.8, 4) is 28.7 Å². The molecule has 0 unspecified atom stereocenters. The monoisotopic (exact) mass is 397 g/mol. The van der Waals surface area contributed by atoms with E-state index in [0.717, 1.165) is 16.5 Å². The lowest BCUT2D eigenvalue weighted by Gasteiger charge is -2.29. The first-order valence-corrected chi connectivity index (χ1v) is 9.42. The molecule has 0 atom stereocenters. The van der Waals surface area contributed by atoms with Gasteiger partial charge in [0.1, 0.15) is 0 Å². The number of phenolic OH excluding ortho intramolecular Hbond substituents is 1. The van der Waals surface area contributed by atoms with E-state index in [1.807, 2.05) is 31.3 Å². The number of hydrogen-bond donors (Lipinski definition) is 1. The Hall–Kier alpha value is -3.15. The van der Waals surface area contributed by atoms with Gasteiger partial charge < -0.3 is 24.1 Å². The number of nitrogens with zero attached hydrogens (tertiary/aromatic N) is 1. The lowest BCUT2D eigenvalue weighted by molar-refractivity contribution is 0.320. The summed E-state index contributed by atoms with van der Waals surface area (Å²) in [5, 5.41) is 12.2. The summed E-state index contributed by atoms with van der Waals surface area (Å²) in [6.07, 6.45) is 3.48. The van der Waals surface area contributed by atoms with Crippen molar-refractivity contribution in [3.63, 3.8) is 0 Å². The lowest BCUT2D eigenvalue weighted by atomic mass is 9.76. The van der Waals surface area contributed by atoms with Crippen molar-refractivity contribution in [1.82, 2.24) is 4.98 Å². The molecule has 0 spiro atoms. The number of rotatable bonds is 7. The maximum atomic E-state index is 10.7. The average Bonchev–Trinajstić information content (AvgIpc) is 2.74. The molecule has 0 saturated heterocycles. The number of aromatic hydroxyl groups is 1. The van der Waals surface area contributed by atoms with Crippen LogP contribution in [0.5, 0.6) is 28.7 Å². The molecule has 0 aliphatic rings. The summed E-state index contributed by atoms with van der Waals surface area (Å²) >= 11 is 0. The van der Waals surface area contributed by atoms with E-state index in [4.69, 9.17) is 18.9 Å². The van der Waals surface area contributed by atoms with Crippen LogP contribution in [0.1, 0.15) is 31.9 Å². The van der Waals surface area contributed by atoms with Gasteiger partial charge in [-0.25, -0.2) is 0 Å². The van der Waals surface area contributed by atoms with Gasteiger partial charge in [-0.3, -0.25) is 4.98 Å². The predicted molar refractivity (Wildman–Crippen MR) is 113 cm³/mol. The van der Waals surface area contributed by atoms with Crippen LogP contribution in [0, 0.1) is 0 Å². The standard InChI is InChI=1S/C23H27NO5/c1-7-29-18-9-8-15-16(21(18)25)12-24-13-17(15)23(2,3)14-10-19(26-4)22(28-6)20(11-14)27-5/h8-13,25H,7H2,1-6H3. The molecule has 29 heavy (non-hydrogen) atoms. The molecular weight excluding hydrogens is 370 g/mol. The smallest absolute Gasteiger partial charge is 0.203 e. The summed E-state index contributed by atoms with van der Waals surface area (Å²) in [5.41, 5.74) is 1.47. The van der Waals surface area contributed by atoms with Gasteiger partial charge in [-0.1, -0.05) is 13.8 Å². The maximum Gasteiger partial charge on any atom is 0.203 e. The highest BCUT2D eigenvalue weighted by Crippen LogP contribution is 2.45. The van der Waals surface area contributed by atoms with Gasteiger partial charge in [0.2, 0.25) is 5.75 Å². The molecule has 0 saturated carbocycles. The van der Waals surface area contributed by atoms with E-state index in [9.17, 15) is 5.11 Å². The van der Waals surface area contributed by atoms with Crippen LogP contribution in [0.4, 0.5) is 0 Å². The molecule has 0 bridgehead atoms. The van der Waals surface area contributed by atoms with E-state index in [0.29, 0.717) is 35.0 Å². The van der Waals surface area contributed by atoms with Crippen LogP contribution in [0.3, 0.4) is 0 Å². The van der Waals surface area contributed by atoms with Crippen molar-refractivity contribution in [1.29, 1.82) is 0 Å². The van der Waals surface area contributed by atoms with Gasteiger partial charge in [-0.15, -0.1) is 0 Å². The molecule has 1 heterocycles. The summed E-state index contributed by atoms with van der Waals surface area (Å²) in [6.45, 7) is 6.55. The zero-order valence-electron chi connectivity index (χ0n) is 17.7. The molecule has 1 N–H and O–H groups in total. The molecule has 0 aliphatic carbocycles.